The van der Waals surface area contributed by atoms with Gasteiger partial charge in [0.2, 0.25) is 11.8 Å². The number of rotatable bonds is 8. The van der Waals surface area contributed by atoms with Gasteiger partial charge in [0.05, 0.1) is 32.8 Å². The lowest BCUT2D eigenvalue weighted by molar-refractivity contribution is -0.152. The van der Waals surface area contributed by atoms with Gasteiger partial charge >= 0.3 is 0 Å². The van der Waals surface area contributed by atoms with E-state index in [4.69, 9.17) is 19.9 Å². The van der Waals surface area contributed by atoms with E-state index in [1.54, 1.807) is 24.4 Å². The van der Waals surface area contributed by atoms with Gasteiger partial charge in [0.25, 0.3) is 5.91 Å². The van der Waals surface area contributed by atoms with Gasteiger partial charge in [0, 0.05) is 33.1 Å². The van der Waals surface area contributed by atoms with E-state index < -0.39 is 23.6 Å². The van der Waals surface area contributed by atoms with Gasteiger partial charge in [-0.05, 0) is 55.0 Å². The molecular weight excluding hydrogens is 570 g/mol. The Bertz CT molecular complexity index is 1670. The van der Waals surface area contributed by atoms with Crippen molar-refractivity contribution in [1.82, 2.24) is 20.5 Å². The van der Waals surface area contributed by atoms with Crippen molar-refractivity contribution in [3.63, 3.8) is 0 Å². The molecule has 4 heterocycles. The summed E-state index contributed by atoms with van der Waals surface area (Å²) >= 11 is 1.51. The Labute approximate surface area is 251 Å². The van der Waals surface area contributed by atoms with Gasteiger partial charge in [-0.15, -0.1) is 11.3 Å². The highest BCUT2D eigenvalue weighted by atomic mass is 32.1. The van der Waals surface area contributed by atoms with Crippen LogP contribution in [-0.2, 0) is 25.6 Å². The lowest BCUT2D eigenvalue weighted by Crippen LogP contribution is -2.49. The summed E-state index contributed by atoms with van der Waals surface area (Å²) in [7, 11) is 0. The number of ether oxygens (including phenoxy) is 3. The predicted octanol–water partition coefficient (Wildman–Crippen LogP) is 3.37. The minimum atomic E-state index is -1.04. The van der Waals surface area contributed by atoms with E-state index in [-0.39, 0.29) is 32.0 Å². The van der Waals surface area contributed by atoms with Gasteiger partial charge in [0.15, 0.2) is 5.79 Å². The molecule has 12 heteroatoms. The fourth-order valence-electron chi connectivity index (χ4n) is 5.34. The second-order valence-electron chi connectivity index (χ2n) is 10.5. The standard InChI is InChI=1S/C31H31N5O6S/c1-19-13-20(7-8-25(19)42-21-5-3-2-4-6-21)29(38)35-17-27(37)36-18-31(40-11-12-41-31)15-24(36)30(39)34-16-22-14-23-26(43-22)9-10-33-28(23)32/h2-10,13-14,24H,11-12,15-18H2,1H3,(H2,32,33)(H,34,39)(H,35,38)/t24-/m0/s1. The van der Waals surface area contributed by atoms with Crippen molar-refractivity contribution in [3.8, 4) is 11.5 Å². The Morgan fingerprint density at radius 1 is 1.09 bits per heavy atom. The number of amides is 3. The molecule has 0 saturated carbocycles. The number of aromatic nitrogens is 1. The molecule has 4 N–H and O–H groups in total. The summed E-state index contributed by atoms with van der Waals surface area (Å²) in [5, 5.41) is 6.46. The maximum absolute atomic E-state index is 13.4. The van der Waals surface area contributed by atoms with Gasteiger partial charge in [-0.25, -0.2) is 4.98 Å². The molecule has 0 radical (unpaired) electrons. The number of para-hydroxylation sites is 1. The second kappa shape index (κ2) is 12.0. The number of likely N-dealkylation sites (tertiary alicyclic amines) is 1. The number of hydrogen-bond donors (Lipinski definition) is 3. The maximum atomic E-state index is 13.4. The molecule has 11 nitrogen and oxygen atoms in total. The molecule has 4 aromatic rings. The number of nitrogens with one attached hydrogen (secondary N) is 2. The molecule has 2 fully saturated rings. The van der Waals surface area contributed by atoms with Gasteiger partial charge in [-0.1, -0.05) is 18.2 Å². The van der Waals surface area contributed by atoms with Gasteiger partial charge in [-0.3, -0.25) is 14.4 Å². The van der Waals surface area contributed by atoms with E-state index in [1.807, 2.05) is 49.4 Å². The van der Waals surface area contributed by atoms with Crippen LogP contribution in [0.2, 0.25) is 0 Å². The highest BCUT2D eigenvalue weighted by Crippen LogP contribution is 2.35. The van der Waals surface area contributed by atoms with Gasteiger partial charge in [0.1, 0.15) is 23.4 Å². The molecule has 6 rings (SSSR count). The molecule has 1 atom stereocenters. The summed E-state index contributed by atoms with van der Waals surface area (Å²) in [6, 6.07) is 17.4. The second-order valence-corrected chi connectivity index (χ2v) is 11.6. The molecule has 0 bridgehead atoms. The summed E-state index contributed by atoms with van der Waals surface area (Å²) < 4.78 is 18.5. The first-order valence-electron chi connectivity index (χ1n) is 13.9. The molecule has 0 unspecified atom stereocenters. The van der Waals surface area contributed by atoms with Crippen LogP contribution in [0.3, 0.4) is 0 Å². The third-order valence-electron chi connectivity index (χ3n) is 7.50. The summed E-state index contributed by atoms with van der Waals surface area (Å²) in [6.45, 7) is 2.68. The van der Waals surface area contributed by atoms with Crippen molar-refractivity contribution in [3.05, 3.63) is 82.9 Å². The van der Waals surface area contributed by atoms with Crippen molar-refractivity contribution in [2.45, 2.75) is 31.7 Å². The van der Waals surface area contributed by atoms with Crippen molar-refractivity contribution < 1.29 is 28.6 Å². The van der Waals surface area contributed by atoms with Crippen LogP contribution in [0, 0.1) is 6.92 Å². The Morgan fingerprint density at radius 2 is 1.88 bits per heavy atom. The Morgan fingerprint density at radius 3 is 2.63 bits per heavy atom. The van der Waals surface area contributed by atoms with Crippen molar-refractivity contribution in [1.29, 1.82) is 0 Å². The molecule has 0 aliphatic carbocycles. The van der Waals surface area contributed by atoms with E-state index in [0.717, 1.165) is 20.5 Å². The highest BCUT2D eigenvalue weighted by molar-refractivity contribution is 7.19. The van der Waals surface area contributed by atoms with E-state index in [2.05, 4.69) is 15.6 Å². The zero-order valence-electron chi connectivity index (χ0n) is 23.5. The van der Waals surface area contributed by atoms with Gasteiger partial charge < -0.3 is 35.5 Å². The predicted molar refractivity (Wildman–Crippen MR) is 161 cm³/mol. The topological polar surface area (TPSA) is 145 Å². The molecule has 2 aromatic carbocycles. The van der Waals surface area contributed by atoms with E-state index >= 15 is 0 Å². The third kappa shape index (κ3) is 6.17. The van der Waals surface area contributed by atoms with Crippen LogP contribution in [0.1, 0.15) is 27.2 Å². The normalized spacial score (nSPS) is 17.3. The van der Waals surface area contributed by atoms with E-state index in [0.29, 0.717) is 36.1 Å². The van der Waals surface area contributed by atoms with Gasteiger partial charge in [-0.2, -0.15) is 0 Å². The van der Waals surface area contributed by atoms with Crippen LogP contribution < -0.4 is 21.1 Å². The third-order valence-corrected chi connectivity index (χ3v) is 8.60. The van der Waals surface area contributed by atoms with Crippen LogP contribution in [-0.4, -0.2) is 65.7 Å². The fourth-order valence-corrected chi connectivity index (χ4v) is 6.34. The maximum Gasteiger partial charge on any atom is 0.251 e. The molecule has 2 aromatic heterocycles. The molecule has 43 heavy (non-hydrogen) atoms. The number of pyridine rings is 1. The lowest BCUT2D eigenvalue weighted by atomic mass is 10.1. The average Bonchev–Trinajstić information content (AvgIpc) is 3.75. The first-order chi connectivity index (χ1) is 20.8. The monoisotopic (exact) mass is 601 g/mol. The number of thiophene rings is 1. The zero-order valence-corrected chi connectivity index (χ0v) is 24.3. The summed E-state index contributed by atoms with van der Waals surface area (Å²) in [5.74, 6) is -0.436. The summed E-state index contributed by atoms with van der Waals surface area (Å²) in [6.07, 6.45) is 1.85. The van der Waals surface area contributed by atoms with Crippen molar-refractivity contribution >= 4 is 45.0 Å². The van der Waals surface area contributed by atoms with Crippen molar-refractivity contribution in [2.24, 2.45) is 0 Å². The summed E-state index contributed by atoms with van der Waals surface area (Å²) in [4.78, 5) is 46.1. The Kier molecular flexibility index (Phi) is 7.98. The van der Waals surface area contributed by atoms with E-state index in [9.17, 15) is 14.4 Å². The average molecular weight is 602 g/mol. The molecule has 2 aliphatic rings. The van der Waals surface area contributed by atoms with Crippen LogP contribution in [0.25, 0.3) is 10.1 Å². The molecule has 3 amide bonds. The molecule has 2 saturated heterocycles. The fraction of sp³-hybridized carbons (Fsp3) is 0.290. The first kappa shape index (κ1) is 28.6. The molecule has 1 spiro atoms. The zero-order chi connectivity index (χ0) is 30.0. The highest BCUT2D eigenvalue weighted by Gasteiger charge is 2.52. The summed E-state index contributed by atoms with van der Waals surface area (Å²) in [5.41, 5.74) is 7.13. The minimum absolute atomic E-state index is 0.0928. The molecule has 222 valence electrons. The number of benzene rings is 2. The Balaban J connectivity index is 1.09. The number of anilines is 1. The number of carbonyl (C=O) groups is 3. The SMILES string of the molecule is Cc1cc(C(=O)NCC(=O)N2CC3(C[C@H]2C(=O)NCc2cc4c(N)nccc4s2)OCCO3)ccc1Oc1ccccc1. The Hall–Kier alpha value is -4.52. The van der Waals surface area contributed by atoms with Crippen molar-refractivity contribution in [2.75, 3.05) is 32.0 Å². The number of fused-ring (bicyclic) bond motifs is 1. The number of aryl methyl sites for hydroxylation is 1. The molecular formula is C31H31N5O6S. The lowest BCUT2D eigenvalue weighted by Gasteiger charge is -2.24. The number of nitrogen functional groups attached to an aromatic ring is 1. The van der Waals surface area contributed by atoms with E-state index in [1.165, 1.54) is 16.2 Å². The molecule has 2 aliphatic heterocycles. The smallest absolute Gasteiger partial charge is 0.251 e. The number of hydrogen-bond acceptors (Lipinski definition) is 9. The van der Waals surface area contributed by atoms with Crippen LogP contribution in [0.4, 0.5) is 5.82 Å². The number of nitrogens with two attached hydrogens (primary N) is 1. The number of carbonyl (C=O) groups excluding carboxylic acids is 3. The minimum Gasteiger partial charge on any atom is -0.457 e. The quantitative estimate of drug-likeness (QED) is 0.279. The van der Waals surface area contributed by atoms with Crippen LogP contribution in [0.15, 0.2) is 66.9 Å². The van der Waals surface area contributed by atoms with Crippen LogP contribution in [0.5, 0.6) is 11.5 Å². The largest absolute Gasteiger partial charge is 0.457 e. The number of nitrogens with zero attached hydrogens (tertiary/aromatic N) is 2. The first-order valence-corrected chi connectivity index (χ1v) is 14.7. The van der Waals surface area contributed by atoms with Crippen LogP contribution >= 0.6 is 11.3 Å².